The van der Waals surface area contributed by atoms with E-state index in [0.717, 1.165) is 77.9 Å². The van der Waals surface area contributed by atoms with Gasteiger partial charge >= 0.3 is 0 Å². The molecule has 0 aromatic heterocycles. The van der Waals surface area contributed by atoms with Gasteiger partial charge in [-0.15, -0.1) is 0 Å². The molecule has 0 saturated carbocycles. The zero-order chi connectivity index (χ0) is 41.8. The molecule has 0 bridgehead atoms. The van der Waals surface area contributed by atoms with Crippen molar-refractivity contribution < 1.29 is 78.8 Å². The van der Waals surface area contributed by atoms with Crippen LogP contribution in [0.25, 0.3) is 0 Å². The fourth-order valence-electron chi connectivity index (χ4n) is 7.94. The summed E-state index contributed by atoms with van der Waals surface area (Å²) in [4.78, 5) is 39.0. The average Bonchev–Trinajstić information content (AvgIpc) is 3.12. The Morgan fingerprint density at radius 2 is 0.559 bits per heavy atom. The predicted octanol–water partition coefficient (Wildman–Crippen LogP) is 0.149. The summed E-state index contributed by atoms with van der Waals surface area (Å²) in [5.74, 6) is 0.411. The molecule has 0 rings (SSSR count). The van der Waals surface area contributed by atoms with Gasteiger partial charge in [0.2, 0.25) is 0 Å². The summed E-state index contributed by atoms with van der Waals surface area (Å²) in [6, 6.07) is 0. The number of nitrogens with one attached hydrogen (secondary N) is 3. The van der Waals surface area contributed by atoms with Crippen LogP contribution in [0.5, 0.6) is 0 Å². The second-order valence-electron chi connectivity index (χ2n) is 19.0. The average molecular weight is 1040 g/mol. The minimum atomic E-state index is 0. The monoisotopic (exact) mass is 1030 g/mol. The van der Waals surface area contributed by atoms with Crippen molar-refractivity contribution in [2.24, 2.45) is 0 Å². The third-order valence-corrected chi connectivity index (χ3v) is 11.6. The highest BCUT2D eigenvalue weighted by molar-refractivity contribution is 5.77. The third kappa shape index (κ3) is 44.1. The molecule has 0 aromatic rings. The molecule has 3 N–H and O–H groups in total. The van der Waals surface area contributed by atoms with Gasteiger partial charge in [0.15, 0.2) is 19.6 Å². The molecule has 0 heterocycles. The zero-order valence-corrected chi connectivity index (χ0v) is 44.9. The zero-order valence-electron chi connectivity index (χ0n) is 40.2. The lowest BCUT2D eigenvalue weighted by Crippen LogP contribution is -3.00. The highest BCUT2D eigenvalue weighted by atomic mass is 79.9. The largest absolute Gasteiger partial charge is 1.00 e. The molecule has 0 unspecified atom stereocenters. The van der Waals surface area contributed by atoms with Crippen molar-refractivity contribution >= 4 is 17.7 Å². The van der Waals surface area contributed by atoms with E-state index in [9.17, 15) is 14.4 Å². The quantitative estimate of drug-likeness (QED) is 0.0604. The summed E-state index contributed by atoms with van der Waals surface area (Å²) >= 11 is 0. The Balaban J connectivity index is -0.00000504. The van der Waals surface area contributed by atoms with Crippen molar-refractivity contribution in [3.05, 3.63) is 0 Å². The molecule has 3 amide bonds. The van der Waals surface area contributed by atoms with E-state index in [1.54, 1.807) is 0 Å². The number of likely N-dealkylation sites (N-methyl/N-ethyl adjacent to an activating group) is 3. The lowest BCUT2D eigenvalue weighted by atomic mass is 10.1. The maximum absolute atomic E-state index is 13.3. The third-order valence-electron chi connectivity index (χ3n) is 11.6. The van der Waals surface area contributed by atoms with Gasteiger partial charge in [0.25, 0.3) is 17.7 Å². The van der Waals surface area contributed by atoms with Gasteiger partial charge in [0.1, 0.15) is 0 Å². The summed E-state index contributed by atoms with van der Waals surface area (Å²) in [6.45, 7) is 14.0. The summed E-state index contributed by atoms with van der Waals surface area (Å²) in [7, 11) is 10.8. The number of amides is 3. The number of carbonyl (C=O) groups is 3. The summed E-state index contributed by atoms with van der Waals surface area (Å²) in [5, 5.41) is 9.57. The molecule has 0 saturated heterocycles. The first-order valence-corrected chi connectivity index (χ1v) is 24.1. The SMILES string of the molecule is CCCCCCCCCCNC(=O)C[N+](C)(C)CCC[N+](C)(CCC[N+](C)(C)CC(=O)NCCCCCCCCCC)CC(=O)NCCCCCCCCCC.[Br-].[Br-].[Br-]. The van der Waals surface area contributed by atoms with Gasteiger partial charge in [0, 0.05) is 32.5 Å². The van der Waals surface area contributed by atoms with Gasteiger partial charge in [-0.25, -0.2) is 0 Å². The second kappa shape index (κ2) is 43.0. The molecule has 59 heavy (non-hydrogen) atoms. The Kier molecular flexibility index (Phi) is 47.6. The lowest BCUT2D eigenvalue weighted by molar-refractivity contribution is -0.920. The topological polar surface area (TPSA) is 87.3 Å². The molecule has 9 nitrogen and oxygen atoms in total. The van der Waals surface area contributed by atoms with E-state index < -0.39 is 0 Å². The van der Waals surface area contributed by atoms with E-state index >= 15 is 0 Å². The Labute approximate surface area is 398 Å². The van der Waals surface area contributed by atoms with Crippen LogP contribution >= 0.6 is 0 Å². The molecule has 12 heteroatoms. The number of hydrogen-bond acceptors (Lipinski definition) is 3. The standard InChI is InChI=1S/C47H96N6O3.3BrH/c1-9-12-15-18-21-24-27-30-35-48-45(54)42-51(4,5)38-33-40-53(8,44-47(56)50-37-32-29-26-23-20-17-14-11-3)41-34-39-52(6,7)43-46(55)49-36-31-28-25-22-19-16-13-10-2;;;/h9-44H2,1-8H3;3*1H. The number of rotatable bonds is 41. The Hall–Kier alpha value is -0.270. The second-order valence-corrected chi connectivity index (χ2v) is 19.0. The van der Waals surface area contributed by atoms with Gasteiger partial charge in [0.05, 0.1) is 61.4 Å². The van der Waals surface area contributed by atoms with Crippen LogP contribution in [0, 0.1) is 0 Å². The first-order chi connectivity index (χ1) is 26.8. The Bertz CT molecular complexity index is 919. The highest BCUT2D eigenvalue weighted by Crippen LogP contribution is 2.13. The van der Waals surface area contributed by atoms with Crippen LogP contribution in [0.1, 0.15) is 188 Å². The van der Waals surface area contributed by atoms with Crippen LogP contribution in [0.2, 0.25) is 0 Å². The number of carbonyl (C=O) groups excluding carboxylic acids is 3. The molecule has 0 fully saturated rings. The molecule has 356 valence electrons. The fraction of sp³-hybridized carbons (Fsp3) is 0.936. The van der Waals surface area contributed by atoms with Crippen LogP contribution < -0.4 is 66.9 Å². The normalized spacial score (nSPS) is 11.6. The van der Waals surface area contributed by atoms with Crippen molar-refractivity contribution in [2.45, 2.75) is 188 Å². The molecule has 0 spiro atoms. The summed E-state index contributed by atoms with van der Waals surface area (Å²) in [5.41, 5.74) is 0. The van der Waals surface area contributed by atoms with Gasteiger partial charge in [-0.3, -0.25) is 14.4 Å². The number of nitrogens with zero attached hydrogens (tertiary/aromatic N) is 3. The minimum Gasteiger partial charge on any atom is -1.00 e. The Morgan fingerprint density at radius 3 is 0.831 bits per heavy atom. The van der Waals surface area contributed by atoms with Crippen molar-refractivity contribution in [1.29, 1.82) is 0 Å². The molecular weight excluding hydrogens is 936 g/mol. The minimum absolute atomic E-state index is 0. The number of unbranched alkanes of at least 4 members (excludes halogenated alkanes) is 21. The number of halogens is 3. The van der Waals surface area contributed by atoms with E-state index in [0.29, 0.717) is 33.1 Å². The summed E-state index contributed by atoms with van der Waals surface area (Å²) in [6.07, 6.45) is 32.2. The molecule has 0 aliphatic heterocycles. The van der Waals surface area contributed by atoms with Crippen molar-refractivity contribution in [3.63, 3.8) is 0 Å². The van der Waals surface area contributed by atoms with Crippen molar-refractivity contribution in [1.82, 2.24) is 16.0 Å². The van der Waals surface area contributed by atoms with E-state index in [2.05, 4.69) is 72.0 Å². The molecule has 0 atom stereocenters. The molecule has 0 aliphatic rings. The van der Waals surface area contributed by atoms with E-state index in [-0.39, 0.29) is 68.7 Å². The van der Waals surface area contributed by atoms with Crippen LogP contribution in [0.3, 0.4) is 0 Å². The Morgan fingerprint density at radius 1 is 0.322 bits per heavy atom. The van der Waals surface area contributed by atoms with Gasteiger partial charge in [-0.2, -0.15) is 0 Å². The first-order valence-electron chi connectivity index (χ1n) is 24.1. The maximum Gasteiger partial charge on any atom is 0.275 e. The summed E-state index contributed by atoms with van der Waals surface area (Å²) < 4.78 is 1.97. The van der Waals surface area contributed by atoms with Crippen LogP contribution in [0.4, 0.5) is 0 Å². The molecule has 0 radical (unpaired) electrons. The predicted molar refractivity (Wildman–Crippen MR) is 241 cm³/mol. The van der Waals surface area contributed by atoms with Gasteiger partial charge in [-0.05, 0) is 19.3 Å². The van der Waals surface area contributed by atoms with Crippen molar-refractivity contribution in [2.75, 3.05) is 101 Å². The molecule has 0 aromatic carbocycles. The number of quaternary nitrogens is 3. The van der Waals surface area contributed by atoms with Gasteiger partial charge in [-0.1, -0.05) is 156 Å². The number of hydrogen-bond donors (Lipinski definition) is 3. The van der Waals surface area contributed by atoms with Crippen LogP contribution in [-0.2, 0) is 14.4 Å². The maximum atomic E-state index is 13.3. The smallest absolute Gasteiger partial charge is 0.275 e. The highest BCUT2D eigenvalue weighted by Gasteiger charge is 2.29. The van der Waals surface area contributed by atoms with E-state index in [4.69, 9.17) is 0 Å². The van der Waals surface area contributed by atoms with E-state index in [1.165, 1.54) is 135 Å². The van der Waals surface area contributed by atoms with E-state index in [1.807, 2.05) is 0 Å². The van der Waals surface area contributed by atoms with Crippen LogP contribution in [-0.4, -0.2) is 132 Å². The molecule has 0 aliphatic carbocycles. The fourth-order valence-corrected chi connectivity index (χ4v) is 7.94. The van der Waals surface area contributed by atoms with Gasteiger partial charge < -0.3 is 80.3 Å². The first kappa shape index (κ1) is 65.3. The molecular formula is C47H99Br3N6O3. The van der Waals surface area contributed by atoms with Crippen molar-refractivity contribution in [3.8, 4) is 0 Å². The lowest BCUT2D eigenvalue weighted by Gasteiger charge is -2.37. The van der Waals surface area contributed by atoms with Crippen LogP contribution in [0.15, 0.2) is 0 Å².